The van der Waals surface area contributed by atoms with Crippen molar-refractivity contribution >= 4 is 23.7 Å². The minimum absolute atomic E-state index is 0.141. The van der Waals surface area contributed by atoms with Crippen LogP contribution < -0.4 is 9.47 Å². The van der Waals surface area contributed by atoms with Crippen LogP contribution in [0, 0.1) is 0 Å². The number of carbonyl (C=O) groups is 4. The SMILES string of the molecule is CCCCCCC(COC(=O)C(=O)Cc1ccc(OCc2ccccc2)cc1)OC(=O)C(=O)OCc1ccc(OCc2ccccc2)cc1. The number of unbranched alkanes of at least 4 members (excludes halogenated alkanes) is 3. The van der Waals surface area contributed by atoms with Crippen molar-refractivity contribution in [3.63, 3.8) is 0 Å². The summed E-state index contributed by atoms with van der Waals surface area (Å²) in [4.78, 5) is 50.2. The number of Topliss-reactive ketones (excluding diaryl/α,β-unsaturated/α-hetero) is 1. The molecule has 0 aliphatic heterocycles. The highest BCUT2D eigenvalue weighted by atomic mass is 16.6. The van der Waals surface area contributed by atoms with Crippen molar-refractivity contribution < 1.29 is 42.9 Å². The van der Waals surface area contributed by atoms with Gasteiger partial charge in [0.05, 0.1) is 0 Å². The van der Waals surface area contributed by atoms with Gasteiger partial charge in [0, 0.05) is 6.42 Å². The highest BCUT2D eigenvalue weighted by molar-refractivity contribution is 6.34. The zero-order valence-corrected chi connectivity index (χ0v) is 27.7. The lowest BCUT2D eigenvalue weighted by Gasteiger charge is -2.17. The molecule has 9 heteroatoms. The molecule has 4 aromatic rings. The van der Waals surface area contributed by atoms with E-state index >= 15 is 0 Å². The molecule has 4 rings (SSSR count). The first-order valence-corrected chi connectivity index (χ1v) is 16.5. The van der Waals surface area contributed by atoms with Gasteiger partial charge in [-0.2, -0.15) is 0 Å². The minimum atomic E-state index is -1.19. The van der Waals surface area contributed by atoms with E-state index in [-0.39, 0.29) is 19.6 Å². The standard InChI is InChI=1S/C40H42O9/c1-2-3-4-11-16-36(29-48-38(42)37(41)25-30-17-21-34(22-18-30)45-26-31-12-7-5-8-13-31)49-40(44)39(43)47-28-33-19-23-35(24-20-33)46-27-32-14-9-6-10-15-32/h5-10,12-15,17-24,36H,2-4,11,16,25-29H2,1H3. The molecule has 0 bridgehead atoms. The van der Waals surface area contributed by atoms with Crippen molar-refractivity contribution in [2.24, 2.45) is 0 Å². The molecule has 0 saturated heterocycles. The van der Waals surface area contributed by atoms with Crippen LogP contribution in [-0.2, 0) is 59.6 Å². The molecule has 0 aromatic heterocycles. The Balaban J connectivity index is 1.20. The van der Waals surface area contributed by atoms with E-state index in [4.69, 9.17) is 23.7 Å². The summed E-state index contributed by atoms with van der Waals surface area (Å²) >= 11 is 0. The monoisotopic (exact) mass is 666 g/mol. The van der Waals surface area contributed by atoms with Crippen molar-refractivity contribution in [2.75, 3.05) is 6.61 Å². The average molecular weight is 667 g/mol. The van der Waals surface area contributed by atoms with Gasteiger partial charge in [-0.25, -0.2) is 14.4 Å². The topological polar surface area (TPSA) is 114 Å². The number of hydrogen-bond acceptors (Lipinski definition) is 9. The van der Waals surface area contributed by atoms with Gasteiger partial charge in [-0.15, -0.1) is 0 Å². The molecule has 0 aliphatic rings. The zero-order chi connectivity index (χ0) is 34.7. The van der Waals surface area contributed by atoms with Gasteiger partial charge in [0.1, 0.15) is 44.0 Å². The van der Waals surface area contributed by atoms with Gasteiger partial charge in [-0.1, -0.05) is 111 Å². The van der Waals surface area contributed by atoms with E-state index in [2.05, 4.69) is 6.92 Å². The molecule has 0 amide bonds. The van der Waals surface area contributed by atoms with E-state index in [9.17, 15) is 19.2 Å². The van der Waals surface area contributed by atoms with Gasteiger partial charge in [-0.3, -0.25) is 4.79 Å². The van der Waals surface area contributed by atoms with Crippen LogP contribution in [0.2, 0.25) is 0 Å². The summed E-state index contributed by atoms with van der Waals surface area (Å²) in [6, 6.07) is 33.4. The fourth-order valence-electron chi connectivity index (χ4n) is 4.76. The van der Waals surface area contributed by atoms with Crippen molar-refractivity contribution in [2.45, 2.75) is 71.4 Å². The highest BCUT2D eigenvalue weighted by Gasteiger charge is 2.25. The molecule has 0 radical (unpaired) electrons. The Morgan fingerprint density at radius 2 is 1.06 bits per heavy atom. The maximum Gasteiger partial charge on any atom is 0.417 e. The number of ether oxygens (including phenoxy) is 5. The van der Waals surface area contributed by atoms with E-state index in [0.717, 1.165) is 30.4 Å². The number of rotatable bonds is 19. The lowest BCUT2D eigenvalue weighted by Crippen LogP contribution is -2.31. The van der Waals surface area contributed by atoms with Crippen LogP contribution in [0.5, 0.6) is 11.5 Å². The first kappa shape index (κ1) is 36.4. The van der Waals surface area contributed by atoms with Crippen LogP contribution in [0.3, 0.4) is 0 Å². The van der Waals surface area contributed by atoms with Crippen molar-refractivity contribution in [3.05, 3.63) is 131 Å². The third-order valence-corrected chi connectivity index (χ3v) is 7.53. The third-order valence-electron chi connectivity index (χ3n) is 7.53. The molecule has 0 fully saturated rings. The van der Waals surface area contributed by atoms with Gasteiger partial charge in [0.25, 0.3) is 0 Å². The molecule has 1 unspecified atom stereocenters. The molecule has 0 spiro atoms. The number of benzene rings is 4. The molecule has 49 heavy (non-hydrogen) atoms. The van der Waals surface area contributed by atoms with Gasteiger partial charge >= 0.3 is 17.9 Å². The van der Waals surface area contributed by atoms with Crippen LogP contribution in [0.15, 0.2) is 109 Å². The molecular weight excluding hydrogens is 624 g/mol. The van der Waals surface area contributed by atoms with Crippen molar-refractivity contribution in [1.29, 1.82) is 0 Å². The van der Waals surface area contributed by atoms with E-state index in [1.54, 1.807) is 48.5 Å². The van der Waals surface area contributed by atoms with Crippen molar-refractivity contribution in [3.8, 4) is 11.5 Å². The van der Waals surface area contributed by atoms with Crippen LogP contribution in [0.25, 0.3) is 0 Å². The van der Waals surface area contributed by atoms with Gasteiger partial charge in [0.2, 0.25) is 5.78 Å². The number of hydrogen-bond donors (Lipinski definition) is 0. The molecule has 0 aliphatic carbocycles. The quantitative estimate of drug-likeness (QED) is 0.0446. The summed E-state index contributed by atoms with van der Waals surface area (Å²) in [5, 5.41) is 0. The van der Waals surface area contributed by atoms with Gasteiger partial charge in [-0.05, 0) is 59.4 Å². The van der Waals surface area contributed by atoms with E-state index in [1.807, 2.05) is 60.7 Å². The van der Waals surface area contributed by atoms with E-state index in [1.165, 1.54) is 0 Å². The second-order valence-corrected chi connectivity index (χ2v) is 11.5. The summed E-state index contributed by atoms with van der Waals surface area (Å²) in [6.07, 6.45) is 2.83. The summed E-state index contributed by atoms with van der Waals surface area (Å²) in [5.74, 6) is -2.86. The second kappa shape index (κ2) is 20.0. The Morgan fingerprint density at radius 3 is 1.61 bits per heavy atom. The molecule has 0 heterocycles. The molecular formula is C40H42O9. The largest absolute Gasteiger partial charge is 0.489 e. The molecule has 0 saturated carbocycles. The second-order valence-electron chi connectivity index (χ2n) is 11.5. The van der Waals surface area contributed by atoms with Crippen LogP contribution >= 0.6 is 0 Å². The number of esters is 3. The fraction of sp³-hybridized carbons (Fsp3) is 0.300. The van der Waals surface area contributed by atoms with E-state index in [0.29, 0.717) is 48.7 Å². The van der Waals surface area contributed by atoms with Gasteiger partial charge < -0.3 is 23.7 Å². The van der Waals surface area contributed by atoms with Gasteiger partial charge in [0.15, 0.2) is 0 Å². The Kier molecular flexibility index (Phi) is 14.9. The summed E-state index contributed by atoms with van der Waals surface area (Å²) in [7, 11) is 0. The Bertz CT molecular complexity index is 1600. The molecule has 256 valence electrons. The van der Waals surface area contributed by atoms with Crippen LogP contribution in [-0.4, -0.2) is 36.4 Å². The summed E-state index contributed by atoms with van der Waals surface area (Å²) < 4.78 is 27.3. The predicted molar refractivity (Wildman–Crippen MR) is 183 cm³/mol. The first-order valence-electron chi connectivity index (χ1n) is 16.5. The first-order chi connectivity index (χ1) is 23.9. The molecule has 4 aromatic carbocycles. The molecule has 1 atom stereocenters. The van der Waals surface area contributed by atoms with E-state index < -0.39 is 29.8 Å². The maximum absolute atomic E-state index is 12.6. The summed E-state index contributed by atoms with van der Waals surface area (Å²) in [6.45, 7) is 2.40. The molecule has 0 N–H and O–H groups in total. The Hall–Kier alpha value is -5.44. The smallest absolute Gasteiger partial charge is 0.417 e. The normalized spacial score (nSPS) is 11.2. The lowest BCUT2D eigenvalue weighted by molar-refractivity contribution is -0.175. The highest BCUT2D eigenvalue weighted by Crippen LogP contribution is 2.17. The number of carbonyl (C=O) groups excluding carboxylic acids is 4. The maximum atomic E-state index is 12.6. The molecule has 9 nitrogen and oxygen atoms in total. The van der Waals surface area contributed by atoms with Crippen LogP contribution in [0.4, 0.5) is 0 Å². The predicted octanol–water partition coefficient (Wildman–Crippen LogP) is 7.13. The zero-order valence-electron chi connectivity index (χ0n) is 27.7. The van der Waals surface area contributed by atoms with Crippen LogP contribution in [0.1, 0.15) is 61.3 Å². The lowest BCUT2D eigenvalue weighted by atomic mass is 10.1. The fourth-order valence-corrected chi connectivity index (χ4v) is 4.76. The Labute approximate surface area is 287 Å². The third kappa shape index (κ3) is 13.3. The number of ketones is 1. The minimum Gasteiger partial charge on any atom is -0.489 e. The summed E-state index contributed by atoms with van der Waals surface area (Å²) in [5.41, 5.74) is 3.35. The average Bonchev–Trinajstić information content (AvgIpc) is 3.14. The Morgan fingerprint density at radius 1 is 0.531 bits per heavy atom. The van der Waals surface area contributed by atoms with Crippen molar-refractivity contribution in [1.82, 2.24) is 0 Å².